The lowest BCUT2D eigenvalue weighted by atomic mass is 10.0. The molecule has 2 amide bonds. The standard InChI is InChI=1S/C20H24N4O4/c1-4-28-20(27)24-11-8-14-15(6-5-7-17(14)24)18(25)23-16(12-13(2)3)19(26)22-10-9-21/h5-8,11,13,16H,4,10,12H2,1-3H3,(H,22,26)(H,23,25). The van der Waals surface area contributed by atoms with Crippen molar-refractivity contribution in [1.82, 2.24) is 15.2 Å². The van der Waals surface area contributed by atoms with Gasteiger partial charge in [-0.15, -0.1) is 0 Å². The number of aromatic nitrogens is 1. The molecule has 0 aliphatic rings. The van der Waals surface area contributed by atoms with E-state index in [1.165, 1.54) is 4.57 Å². The highest BCUT2D eigenvalue weighted by atomic mass is 16.5. The molecule has 148 valence electrons. The minimum atomic E-state index is -0.761. The van der Waals surface area contributed by atoms with Crippen LogP contribution in [0.25, 0.3) is 10.9 Å². The van der Waals surface area contributed by atoms with E-state index in [1.807, 2.05) is 19.9 Å². The van der Waals surface area contributed by atoms with Crippen LogP contribution in [-0.4, -0.2) is 41.7 Å². The van der Waals surface area contributed by atoms with Crippen molar-refractivity contribution in [3.63, 3.8) is 0 Å². The van der Waals surface area contributed by atoms with Crippen molar-refractivity contribution in [1.29, 1.82) is 5.26 Å². The third kappa shape index (κ3) is 4.88. The maximum Gasteiger partial charge on any atom is 0.418 e. The summed E-state index contributed by atoms with van der Waals surface area (Å²) in [4.78, 5) is 37.2. The Morgan fingerprint density at radius 2 is 2.00 bits per heavy atom. The lowest BCUT2D eigenvalue weighted by molar-refractivity contribution is -0.123. The number of hydrogen-bond acceptors (Lipinski definition) is 5. The van der Waals surface area contributed by atoms with E-state index in [0.717, 1.165) is 0 Å². The first-order valence-electron chi connectivity index (χ1n) is 9.11. The first-order chi connectivity index (χ1) is 13.4. The molecule has 1 heterocycles. The molecule has 0 bridgehead atoms. The predicted octanol–water partition coefficient (Wildman–Crippen LogP) is 2.43. The Morgan fingerprint density at radius 1 is 1.25 bits per heavy atom. The SMILES string of the molecule is CCOC(=O)n1ccc2c(C(=O)NC(CC(C)C)C(=O)NCC#N)cccc21. The van der Waals surface area contributed by atoms with Crippen LogP contribution < -0.4 is 10.6 Å². The number of hydrogen-bond donors (Lipinski definition) is 2. The summed E-state index contributed by atoms with van der Waals surface area (Å²) in [6.45, 7) is 5.72. The Labute approximate surface area is 163 Å². The van der Waals surface area contributed by atoms with Gasteiger partial charge in [0.15, 0.2) is 0 Å². The molecule has 0 saturated heterocycles. The monoisotopic (exact) mass is 384 g/mol. The largest absolute Gasteiger partial charge is 0.449 e. The van der Waals surface area contributed by atoms with Gasteiger partial charge in [0.2, 0.25) is 5.91 Å². The molecule has 1 aromatic heterocycles. The van der Waals surface area contributed by atoms with Gasteiger partial charge in [0.25, 0.3) is 5.91 Å². The van der Waals surface area contributed by atoms with Crippen molar-refractivity contribution < 1.29 is 19.1 Å². The molecule has 8 heteroatoms. The van der Waals surface area contributed by atoms with Crippen LogP contribution in [0.2, 0.25) is 0 Å². The molecule has 0 spiro atoms. The Hall–Kier alpha value is -3.34. The highest BCUT2D eigenvalue weighted by Gasteiger charge is 2.23. The van der Waals surface area contributed by atoms with Gasteiger partial charge in [-0.1, -0.05) is 19.9 Å². The van der Waals surface area contributed by atoms with E-state index in [1.54, 1.807) is 37.4 Å². The summed E-state index contributed by atoms with van der Waals surface area (Å²) in [5.41, 5.74) is 0.892. The lowest BCUT2D eigenvalue weighted by Crippen LogP contribution is -2.47. The number of fused-ring (bicyclic) bond motifs is 1. The number of carbonyl (C=O) groups excluding carboxylic acids is 3. The zero-order chi connectivity index (χ0) is 20.7. The Balaban J connectivity index is 2.29. The summed E-state index contributed by atoms with van der Waals surface area (Å²) in [6, 6.07) is 7.76. The van der Waals surface area contributed by atoms with Gasteiger partial charge in [-0.3, -0.25) is 14.2 Å². The summed E-state index contributed by atoms with van der Waals surface area (Å²) >= 11 is 0. The first kappa shape index (κ1) is 21.0. The predicted molar refractivity (Wildman–Crippen MR) is 104 cm³/mol. The third-order valence-electron chi connectivity index (χ3n) is 4.11. The summed E-state index contributed by atoms with van der Waals surface area (Å²) in [6.07, 6.45) is 1.46. The number of ether oxygens (including phenoxy) is 1. The van der Waals surface area contributed by atoms with Gasteiger partial charge in [0, 0.05) is 17.1 Å². The molecular formula is C20H24N4O4. The van der Waals surface area contributed by atoms with E-state index in [4.69, 9.17) is 10.00 Å². The van der Waals surface area contributed by atoms with E-state index >= 15 is 0 Å². The van der Waals surface area contributed by atoms with E-state index in [2.05, 4.69) is 10.6 Å². The van der Waals surface area contributed by atoms with Crippen LogP contribution in [0.3, 0.4) is 0 Å². The number of nitriles is 1. The van der Waals surface area contributed by atoms with E-state index in [0.29, 0.717) is 22.9 Å². The van der Waals surface area contributed by atoms with Crippen LogP contribution in [0.5, 0.6) is 0 Å². The molecule has 0 aliphatic carbocycles. The fourth-order valence-corrected chi connectivity index (χ4v) is 2.91. The quantitative estimate of drug-likeness (QED) is 0.712. The number of benzene rings is 1. The second kappa shape index (κ2) is 9.55. The minimum absolute atomic E-state index is 0.124. The maximum atomic E-state index is 12.9. The molecule has 1 atom stereocenters. The molecule has 28 heavy (non-hydrogen) atoms. The highest BCUT2D eigenvalue weighted by molar-refractivity contribution is 6.08. The normalized spacial score (nSPS) is 11.7. The zero-order valence-electron chi connectivity index (χ0n) is 16.2. The fraction of sp³-hybridized carbons (Fsp3) is 0.400. The van der Waals surface area contributed by atoms with Crippen LogP contribution >= 0.6 is 0 Å². The second-order valence-corrected chi connectivity index (χ2v) is 6.65. The fourth-order valence-electron chi connectivity index (χ4n) is 2.91. The second-order valence-electron chi connectivity index (χ2n) is 6.65. The van der Waals surface area contributed by atoms with E-state index in [-0.39, 0.29) is 19.1 Å². The molecule has 2 rings (SSSR count). The average Bonchev–Trinajstić information content (AvgIpc) is 3.09. The van der Waals surface area contributed by atoms with Crippen molar-refractivity contribution in [3.8, 4) is 6.07 Å². The number of carbonyl (C=O) groups is 3. The molecule has 0 fully saturated rings. The Morgan fingerprint density at radius 3 is 2.64 bits per heavy atom. The molecular weight excluding hydrogens is 360 g/mol. The zero-order valence-corrected chi connectivity index (χ0v) is 16.2. The van der Waals surface area contributed by atoms with Crippen LogP contribution in [0.1, 0.15) is 37.6 Å². The van der Waals surface area contributed by atoms with Crippen LogP contribution in [0, 0.1) is 17.2 Å². The maximum absolute atomic E-state index is 12.9. The van der Waals surface area contributed by atoms with Crippen LogP contribution in [0.4, 0.5) is 4.79 Å². The molecule has 0 radical (unpaired) electrons. The first-order valence-corrected chi connectivity index (χ1v) is 9.11. The summed E-state index contributed by atoms with van der Waals surface area (Å²) < 4.78 is 6.35. The van der Waals surface area contributed by atoms with Gasteiger partial charge in [-0.05, 0) is 37.5 Å². The number of amides is 2. The van der Waals surface area contributed by atoms with Crippen molar-refractivity contribution in [2.75, 3.05) is 13.2 Å². The van der Waals surface area contributed by atoms with Gasteiger partial charge < -0.3 is 15.4 Å². The molecule has 2 aromatic rings. The minimum Gasteiger partial charge on any atom is -0.449 e. The molecule has 0 aliphatic heterocycles. The van der Waals surface area contributed by atoms with Crippen molar-refractivity contribution >= 4 is 28.8 Å². The van der Waals surface area contributed by atoms with Crippen molar-refractivity contribution in [3.05, 3.63) is 36.0 Å². The number of nitrogens with zero attached hydrogens (tertiary/aromatic N) is 2. The van der Waals surface area contributed by atoms with Crippen molar-refractivity contribution in [2.45, 2.75) is 33.2 Å². The van der Waals surface area contributed by atoms with Gasteiger partial charge in [0.05, 0.1) is 18.2 Å². The van der Waals surface area contributed by atoms with Gasteiger partial charge >= 0.3 is 6.09 Å². The van der Waals surface area contributed by atoms with Crippen molar-refractivity contribution in [2.24, 2.45) is 5.92 Å². The van der Waals surface area contributed by atoms with Gasteiger partial charge in [0.1, 0.15) is 12.6 Å². The molecule has 1 aromatic carbocycles. The summed E-state index contributed by atoms with van der Waals surface area (Å²) in [5.74, 6) is -0.663. The van der Waals surface area contributed by atoms with Crippen LogP contribution in [-0.2, 0) is 9.53 Å². The Kier molecular flexibility index (Phi) is 7.15. The van der Waals surface area contributed by atoms with E-state index in [9.17, 15) is 14.4 Å². The molecule has 8 nitrogen and oxygen atoms in total. The summed E-state index contributed by atoms with van der Waals surface area (Å²) in [5, 5.41) is 14.5. The van der Waals surface area contributed by atoms with Gasteiger partial charge in [-0.25, -0.2) is 4.79 Å². The average molecular weight is 384 g/mol. The molecule has 2 N–H and O–H groups in total. The third-order valence-corrected chi connectivity index (χ3v) is 4.11. The summed E-state index contributed by atoms with van der Waals surface area (Å²) in [7, 11) is 0. The van der Waals surface area contributed by atoms with Crippen LogP contribution in [0.15, 0.2) is 30.5 Å². The smallest absolute Gasteiger partial charge is 0.418 e. The van der Waals surface area contributed by atoms with E-state index < -0.39 is 23.9 Å². The topological polar surface area (TPSA) is 113 Å². The lowest BCUT2D eigenvalue weighted by Gasteiger charge is -2.19. The highest BCUT2D eigenvalue weighted by Crippen LogP contribution is 2.21. The Bertz CT molecular complexity index is 911. The number of nitrogens with one attached hydrogen (secondary N) is 2. The molecule has 1 unspecified atom stereocenters. The number of rotatable bonds is 7. The van der Waals surface area contributed by atoms with Gasteiger partial charge in [-0.2, -0.15) is 5.26 Å². The molecule has 0 saturated carbocycles.